The molecule has 3 aromatic rings. The molecule has 0 fully saturated rings. The van der Waals surface area contributed by atoms with E-state index >= 15 is 0 Å². The Labute approximate surface area is 126 Å². The number of hydrogen-bond donors (Lipinski definition) is 1. The Morgan fingerprint density at radius 1 is 1.14 bits per heavy atom. The maximum absolute atomic E-state index is 13.9. The average molecular weight is 302 g/mol. The molecule has 0 aliphatic rings. The summed E-state index contributed by atoms with van der Waals surface area (Å²) in [4.78, 5) is 4.43. The molecule has 1 aromatic carbocycles. The minimum absolute atomic E-state index is 0.267. The van der Waals surface area contributed by atoms with Gasteiger partial charge in [-0.2, -0.15) is 5.10 Å². The van der Waals surface area contributed by atoms with Crippen LogP contribution in [-0.2, 0) is 7.05 Å². The Morgan fingerprint density at radius 2 is 1.91 bits per heavy atom. The van der Waals surface area contributed by atoms with E-state index in [9.17, 15) is 8.78 Å². The second kappa shape index (κ2) is 5.36. The maximum atomic E-state index is 13.9. The second-order valence-corrected chi connectivity index (χ2v) is 5.55. The molecule has 0 saturated heterocycles. The first kappa shape index (κ1) is 14.4. The van der Waals surface area contributed by atoms with E-state index in [0.29, 0.717) is 23.1 Å². The molecule has 0 amide bonds. The van der Waals surface area contributed by atoms with E-state index in [2.05, 4.69) is 29.0 Å². The highest BCUT2D eigenvalue weighted by Crippen LogP contribution is 2.26. The minimum atomic E-state index is -0.630. The highest BCUT2D eigenvalue weighted by atomic mass is 19.1. The van der Waals surface area contributed by atoms with Gasteiger partial charge in [0.2, 0.25) is 0 Å². The summed E-state index contributed by atoms with van der Waals surface area (Å²) in [6.45, 7) is 4.13. The molecule has 1 N–H and O–H groups in total. The van der Waals surface area contributed by atoms with Crippen LogP contribution in [0.25, 0.3) is 22.8 Å². The number of aromatic amines is 1. The highest BCUT2D eigenvalue weighted by Gasteiger charge is 2.15. The lowest BCUT2D eigenvalue weighted by atomic mass is 10.1. The van der Waals surface area contributed by atoms with E-state index in [1.54, 1.807) is 10.8 Å². The Bertz CT molecular complexity index is 817. The third-order valence-electron chi connectivity index (χ3n) is 3.53. The molecule has 0 unspecified atom stereocenters. The summed E-state index contributed by atoms with van der Waals surface area (Å²) < 4.78 is 28.7. The number of nitrogens with zero attached hydrogens (tertiary/aromatic N) is 3. The molecule has 2 heterocycles. The quantitative estimate of drug-likeness (QED) is 0.798. The van der Waals surface area contributed by atoms with E-state index in [1.807, 2.05) is 13.1 Å². The van der Waals surface area contributed by atoms with E-state index in [4.69, 9.17) is 0 Å². The number of rotatable bonds is 3. The summed E-state index contributed by atoms with van der Waals surface area (Å²) in [5.41, 5.74) is 2.42. The van der Waals surface area contributed by atoms with Gasteiger partial charge in [-0.25, -0.2) is 13.8 Å². The predicted octanol–water partition coefficient (Wildman–Crippen LogP) is 3.88. The van der Waals surface area contributed by atoms with Gasteiger partial charge in [0.05, 0.1) is 5.69 Å². The lowest BCUT2D eigenvalue weighted by molar-refractivity contribution is 0.585. The smallest absolute Gasteiger partial charge is 0.160 e. The normalized spacial score (nSPS) is 11.4. The van der Waals surface area contributed by atoms with Crippen LogP contribution in [0.5, 0.6) is 0 Å². The summed E-state index contributed by atoms with van der Waals surface area (Å²) in [6.07, 6.45) is 1.70. The van der Waals surface area contributed by atoms with E-state index < -0.39 is 11.6 Å². The fourth-order valence-electron chi connectivity index (χ4n) is 2.28. The van der Waals surface area contributed by atoms with Crippen molar-refractivity contribution >= 4 is 0 Å². The monoisotopic (exact) mass is 302 g/mol. The summed E-state index contributed by atoms with van der Waals surface area (Å²) in [6, 6.07) is 5.39. The van der Waals surface area contributed by atoms with Crippen LogP contribution in [0.15, 0.2) is 30.5 Å². The zero-order valence-corrected chi connectivity index (χ0v) is 12.6. The number of benzene rings is 1. The summed E-state index contributed by atoms with van der Waals surface area (Å²) in [7, 11) is 1.82. The molecule has 2 aromatic heterocycles. The number of H-pyrrole nitrogens is 1. The average Bonchev–Trinajstić information content (AvgIpc) is 3.05. The van der Waals surface area contributed by atoms with Crippen LogP contribution in [0.2, 0.25) is 0 Å². The van der Waals surface area contributed by atoms with Crippen LogP contribution in [0, 0.1) is 11.6 Å². The van der Waals surface area contributed by atoms with Crippen molar-refractivity contribution in [3.05, 3.63) is 47.8 Å². The van der Waals surface area contributed by atoms with E-state index in [0.717, 1.165) is 11.8 Å². The molecule has 4 nitrogen and oxygen atoms in total. The molecule has 114 valence electrons. The molecule has 22 heavy (non-hydrogen) atoms. The number of aromatic nitrogens is 4. The Kier molecular flexibility index (Phi) is 3.52. The largest absolute Gasteiger partial charge is 0.332 e. The van der Waals surface area contributed by atoms with Crippen LogP contribution >= 0.6 is 0 Å². The van der Waals surface area contributed by atoms with Gasteiger partial charge in [0, 0.05) is 30.6 Å². The molecule has 0 bridgehead atoms. The third kappa shape index (κ3) is 2.52. The zero-order valence-electron chi connectivity index (χ0n) is 12.6. The summed E-state index contributed by atoms with van der Waals surface area (Å²) >= 11 is 0. The third-order valence-corrected chi connectivity index (χ3v) is 3.53. The van der Waals surface area contributed by atoms with Crippen molar-refractivity contribution in [3.63, 3.8) is 0 Å². The van der Waals surface area contributed by atoms with E-state index in [1.165, 1.54) is 12.1 Å². The van der Waals surface area contributed by atoms with Gasteiger partial charge in [-0.3, -0.25) is 5.10 Å². The van der Waals surface area contributed by atoms with Gasteiger partial charge in [0.1, 0.15) is 17.3 Å². The van der Waals surface area contributed by atoms with Gasteiger partial charge >= 0.3 is 0 Å². The van der Waals surface area contributed by atoms with Crippen molar-refractivity contribution in [2.45, 2.75) is 19.8 Å². The number of nitrogens with one attached hydrogen (secondary N) is 1. The van der Waals surface area contributed by atoms with Gasteiger partial charge in [0.15, 0.2) is 5.82 Å². The number of halogens is 2. The first-order valence-electron chi connectivity index (χ1n) is 7.00. The Morgan fingerprint density at radius 3 is 2.55 bits per heavy atom. The molecule has 0 radical (unpaired) electrons. The van der Waals surface area contributed by atoms with Crippen LogP contribution in [0.3, 0.4) is 0 Å². The fourth-order valence-corrected chi connectivity index (χ4v) is 2.28. The van der Waals surface area contributed by atoms with Gasteiger partial charge in [-0.1, -0.05) is 13.8 Å². The van der Waals surface area contributed by atoms with Crippen molar-refractivity contribution in [2.24, 2.45) is 7.05 Å². The van der Waals surface area contributed by atoms with Crippen LogP contribution in [-0.4, -0.2) is 19.7 Å². The maximum Gasteiger partial charge on any atom is 0.160 e. The van der Waals surface area contributed by atoms with Crippen LogP contribution in [0.1, 0.15) is 25.5 Å². The molecule has 0 aliphatic heterocycles. The molecular weight excluding hydrogens is 286 g/mol. The van der Waals surface area contributed by atoms with E-state index in [-0.39, 0.29) is 5.56 Å². The van der Waals surface area contributed by atoms with Crippen LogP contribution in [0.4, 0.5) is 8.78 Å². The van der Waals surface area contributed by atoms with Crippen molar-refractivity contribution in [3.8, 4) is 22.8 Å². The van der Waals surface area contributed by atoms with Crippen molar-refractivity contribution in [1.82, 2.24) is 19.7 Å². The summed E-state index contributed by atoms with van der Waals surface area (Å²) in [5, 5.41) is 7.22. The second-order valence-electron chi connectivity index (χ2n) is 5.55. The number of imidazole rings is 1. The predicted molar refractivity (Wildman–Crippen MR) is 80.2 cm³/mol. The summed E-state index contributed by atoms with van der Waals surface area (Å²) in [5.74, 6) is -0.279. The van der Waals surface area contributed by atoms with Crippen molar-refractivity contribution in [1.29, 1.82) is 0 Å². The minimum Gasteiger partial charge on any atom is -0.332 e. The number of aryl methyl sites for hydroxylation is 1. The van der Waals surface area contributed by atoms with Gasteiger partial charge in [0.25, 0.3) is 0 Å². The Balaban J connectivity index is 2.03. The van der Waals surface area contributed by atoms with Crippen molar-refractivity contribution < 1.29 is 8.78 Å². The first-order valence-corrected chi connectivity index (χ1v) is 7.00. The molecule has 0 aliphatic carbocycles. The fraction of sp³-hybridized carbons (Fsp3) is 0.250. The first-order chi connectivity index (χ1) is 10.5. The SMILES string of the molecule is CC(C)c1cc(-c2nc(-c3ccc(F)cc3F)cn2C)n[nH]1. The van der Waals surface area contributed by atoms with Gasteiger partial charge < -0.3 is 4.57 Å². The molecule has 0 spiro atoms. The molecular formula is C16H16F2N4. The number of hydrogen-bond acceptors (Lipinski definition) is 2. The zero-order chi connectivity index (χ0) is 15.9. The Hall–Kier alpha value is -2.50. The van der Waals surface area contributed by atoms with Gasteiger partial charge in [-0.05, 0) is 24.1 Å². The van der Waals surface area contributed by atoms with Crippen molar-refractivity contribution in [2.75, 3.05) is 0 Å². The van der Waals surface area contributed by atoms with Gasteiger partial charge in [-0.15, -0.1) is 0 Å². The highest BCUT2D eigenvalue weighted by molar-refractivity contribution is 5.64. The van der Waals surface area contributed by atoms with Crippen LogP contribution < -0.4 is 0 Å². The molecule has 3 rings (SSSR count). The lowest BCUT2D eigenvalue weighted by Crippen LogP contribution is -1.90. The molecule has 0 saturated carbocycles. The lowest BCUT2D eigenvalue weighted by Gasteiger charge is -1.98. The topological polar surface area (TPSA) is 46.5 Å². The molecule has 6 heteroatoms. The standard InChI is InChI=1S/C16H16F2N4/c1-9(2)13-7-14(21-20-13)16-19-15(8-22(16)3)11-5-4-10(17)6-12(11)18/h4-9H,1-3H3,(H,20,21). The molecule has 0 atom stereocenters.